The van der Waals surface area contributed by atoms with Crippen molar-refractivity contribution in [3.8, 4) is 0 Å². The number of piperazine rings is 1. The second kappa shape index (κ2) is 6.28. The van der Waals surface area contributed by atoms with E-state index < -0.39 is 5.60 Å². The fourth-order valence-electron chi connectivity index (χ4n) is 2.59. The van der Waals surface area contributed by atoms with E-state index in [9.17, 15) is 5.11 Å². The number of aliphatic hydroxyl groups is 1. The maximum Gasteiger partial charge on any atom is 0.190 e. The number of amidine groups is 1. The summed E-state index contributed by atoms with van der Waals surface area (Å²) in [6.45, 7) is 7.62. The van der Waals surface area contributed by atoms with Crippen LogP contribution in [-0.4, -0.2) is 64.4 Å². The highest BCUT2D eigenvalue weighted by molar-refractivity contribution is 6.00. The Morgan fingerprint density at radius 3 is 2.62 bits per heavy atom. The van der Waals surface area contributed by atoms with E-state index in [0.717, 1.165) is 31.9 Å². The minimum atomic E-state index is -0.685. The zero-order valence-corrected chi connectivity index (χ0v) is 12.5. The van der Waals surface area contributed by atoms with Gasteiger partial charge in [0.25, 0.3) is 0 Å². The molecule has 0 saturated carbocycles. The zero-order chi connectivity index (χ0) is 15.5. The Bertz CT molecular complexity index is 504. The van der Waals surface area contributed by atoms with E-state index in [1.807, 2.05) is 26.0 Å². The molecule has 1 saturated heterocycles. The molecule has 116 valence electrons. The summed E-state index contributed by atoms with van der Waals surface area (Å²) in [6, 6.07) is 3.76. The first kappa shape index (κ1) is 15.5. The number of anilines is 1. The van der Waals surface area contributed by atoms with Gasteiger partial charge in [0, 0.05) is 38.9 Å². The molecule has 0 amide bonds. The highest BCUT2D eigenvalue weighted by atomic mass is 16.4. The summed E-state index contributed by atoms with van der Waals surface area (Å²) in [5.74, 6) is 0.0181. The van der Waals surface area contributed by atoms with E-state index in [2.05, 4.69) is 19.9 Å². The summed E-state index contributed by atoms with van der Waals surface area (Å²) in [4.78, 5) is 8.59. The molecular weight excluding hydrogens is 270 g/mol. The van der Waals surface area contributed by atoms with Crippen molar-refractivity contribution in [2.75, 3.05) is 37.6 Å². The maximum atomic E-state index is 9.88. The standard InChI is InChI=1S/C14H23N5O2/c1-14(2,20)10-18-6-8-19(9-7-18)11-4-3-5-16-12(11)13(15)17-21/h3-5,20-21H,6-10H2,1-2H3,(H2,15,17). The predicted octanol–water partition coefficient (Wildman–Crippen LogP) is 0.0690. The lowest BCUT2D eigenvalue weighted by Gasteiger charge is -2.38. The number of rotatable bonds is 4. The Morgan fingerprint density at radius 1 is 1.38 bits per heavy atom. The van der Waals surface area contributed by atoms with Gasteiger partial charge in [0.05, 0.1) is 11.3 Å². The Hall–Kier alpha value is -1.86. The van der Waals surface area contributed by atoms with Gasteiger partial charge in [0.2, 0.25) is 0 Å². The molecular formula is C14H23N5O2. The predicted molar refractivity (Wildman–Crippen MR) is 81.7 cm³/mol. The molecule has 0 spiro atoms. The van der Waals surface area contributed by atoms with Crippen molar-refractivity contribution in [2.45, 2.75) is 19.4 Å². The van der Waals surface area contributed by atoms with Crippen LogP contribution < -0.4 is 10.6 Å². The zero-order valence-electron chi connectivity index (χ0n) is 12.5. The van der Waals surface area contributed by atoms with E-state index in [0.29, 0.717) is 12.2 Å². The number of pyridine rings is 1. The fraction of sp³-hybridized carbons (Fsp3) is 0.571. The van der Waals surface area contributed by atoms with Gasteiger partial charge in [-0.25, -0.2) is 0 Å². The number of aromatic nitrogens is 1. The quantitative estimate of drug-likeness (QED) is 0.314. The number of hydrogen-bond acceptors (Lipinski definition) is 6. The molecule has 7 nitrogen and oxygen atoms in total. The molecule has 0 aromatic carbocycles. The third-order valence-corrected chi connectivity index (χ3v) is 3.46. The van der Waals surface area contributed by atoms with Crippen LogP contribution in [0.5, 0.6) is 0 Å². The van der Waals surface area contributed by atoms with Crippen LogP contribution in [0.2, 0.25) is 0 Å². The van der Waals surface area contributed by atoms with Crippen LogP contribution in [0.4, 0.5) is 5.69 Å². The van der Waals surface area contributed by atoms with Crippen molar-refractivity contribution in [3.05, 3.63) is 24.0 Å². The van der Waals surface area contributed by atoms with Crippen LogP contribution in [0.3, 0.4) is 0 Å². The second-order valence-corrected chi connectivity index (χ2v) is 5.93. The third-order valence-electron chi connectivity index (χ3n) is 3.46. The second-order valence-electron chi connectivity index (χ2n) is 5.93. The molecule has 1 aliphatic rings. The van der Waals surface area contributed by atoms with Crippen molar-refractivity contribution in [2.24, 2.45) is 10.9 Å². The number of β-amino-alcohol motifs (C(OH)–C–C–N with tert-alkyl or cyclic N) is 1. The van der Waals surface area contributed by atoms with E-state index in [-0.39, 0.29) is 5.84 Å². The van der Waals surface area contributed by atoms with Crippen LogP contribution in [0, 0.1) is 0 Å². The Morgan fingerprint density at radius 2 is 2.05 bits per heavy atom. The molecule has 1 fully saturated rings. The van der Waals surface area contributed by atoms with Crippen LogP contribution in [0.25, 0.3) is 0 Å². The Kier molecular flexibility index (Phi) is 4.64. The smallest absolute Gasteiger partial charge is 0.190 e. The molecule has 1 aromatic heterocycles. The largest absolute Gasteiger partial charge is 0.409 e. The third kappa shape index (κ3) is 4.05. The summed E-state index contributed by atoms with van der Waals surface area (Å²) in [5, 5.41) is 21.8. The van der Waals surface area contributed by atoms with Gasteiger partial charge in [-0.1, -0.05) is 5.16 Å². The van der Waals surface area contributed by atoms with Crippen molar-refractivity contribution >= 4 is 11.5 Å². The Labute approximate surface area is 124 Å². The average Bonchev–Trinajstić information content (AvgIpc) is 2.45. The summed E-state index contributed by atoms with van der Waals surface area (Å²) in [6.07, 6.45) is 1.63. The first-order valence-electron chi connectivity index (χ1n) is 7.03. The monoisotopic (exact) mass is 293 g/mol. The molecule has 0 atom stereocenters. The molecule has 7 heteroatoms. The number of nitrogens with zero attached hydrogens (tertiary/aromatic N) is 4. The molecule has 0 aliphatic carbocycles. The van der Waals surface area contributed by atoms with Crippen LogP contribution in [0.15, 0.2) is 23.5 Å². The highest BCUT2D eigenvalue weighted by Gasteiger charge is 2.24. The fourth-order valence-corrected chi connectivity index (χ4v) is 2.59. The molecule has 1 aromatic rings. The lowest BCUT2D eigenvalue weighted by atomic mass is 10.1. The first-order chi connectivity index (χ1) is 9.90. The van der Waals surface area contributed by atoms with Crippen molar-refractivity contribution in [3.63, 3.8) is 0 Å². The van der Waals surface area contributed by atoms with Crippen molar-refractivity contribution < 1.29 is 10.3 Å². The minimum Gasteiger partial charge on any atom is -0.409 e. The molecule has 1 aliphatic heterocycles. The molecule has 4 N–H and O–H groups in total. The van der Waals surface area contributed by atoms with Gasteiger partial charge < -0.3 is 20.9 Å². The lowest BCUT2D eigenvalue weighted by molar-refractivity contribution is 0.0345. The number of oxime groups is 1. The van der Waals surface area contributed by atoms with Crippen molar-refractivity contribution in [1.82, 2.24) is 9.88 Å². The maximum absolute atomic E-state index is 9.88. The van der Waals surface area contributed by atoms with Crippen molar-refractivity contribution in [1.29, 1.82) is 0 Å². The van der Waals surface area contributed by atoms with Gasteiger partial charge in [-0.05, 0) is 26.0 Å². The Balaban J connectivity index is 2.06. The highest BCUT2D eigenvalue weighted by Crippen LogP contribution is 2.20. The van der Waals surface area contributed by atoms with Crippen LogP contribution in [-0.2, 0) is 0 Å². The van der Waals surface area contributed by atoms with Crippen LogP contribution in [0.1, 0.15) is 19.5 Å². The van der Waals surface area contributed by atoms with Gasteiger partial charge in [0.15, 0.2) is 5.84 Å². The average molecular weight is 293 g/mol. The molecule has 21 heavy (non-hydrogen) atoms. The van der Waals surface area contributed by atoms with Crippen LogP contribution >= 0.6 is 0 Å². The van der Waals surface area contributed by atoms with Gasteiger partial charge in [-0.2, -0.15) is 0 Å². The minimum absolute atomic E-state index is 0.0181. The molecule has 0 unspecified atom stereocenters. The lowest BCUT2D eigenvalue weighted by Crippen LogP contribution is -2.50. The first-order valence-corrected chi connectivity index (χ1v) is 7.03. The van der Waals surface area contributed by atoms with Gasteiger partial charge in [-0.3, -0.25) is 9.88 Å². The summed E-state index contributed by atoms with van der Waals surface area (Å²) < 4.78 is 0. The molecule has 0 bridgehead atoms. The molecule has 2 rings (SSSR count). The molecule has 2 heterocycles. The van der Waals surface area contributed by atoms with E-state index >= 15 is 0 Å². The summed E-state index contributed by atoms with van der Waals surface area (Å²) >= 11 is 0. The number of nitrogens with two attached hydrogens (primary N) is 1. The molecule has 0 radical (unpaired) electrons. The van der Waals surface area contributed by atoms with Gasteiger partial charge in [-0.15, -0.1) is 0 Å². The normalized spacial score (nSPS) is 18.0. The van der Waals surface area contributed by atoms with E-state index in [1.165, 1.54) is 0 Å². The SMILES string of the molecule is CC(C)(O)CN1CCN(c2cccnc2/C(N)=N/O)CC1. The summed E-state index contributed by atoms with van der Waals surface area (Å²) in [5.41, 5.74) is 6.36. The summed E-state index contributed by atoms with van der Waals surface area (Å²) in [7, 11) is 0. The van der Waals surface area contributed by atoms with E-state index in [4.69, 9.17) is 10.9 Å². The van der Waals surface area contributed by atoms with Gasteiger partial charge in [0.1, 0.15) is 5.69 Å². The van der Waals surface area contributed by atoms with Gasteiger partial charge >= 0.3 is 0 Å². The topological polar surface area (TPSA) is 98.2 Å². The number of hydrogen-bond donors (Lipinski definition) is 3. The van der Waals surface area contributed by atoms with E-state index in [1.54, 1.807) is 6.20 Å².